The average molecular weight is 443 g/mol. The Kier molecular flexibility index (Phi) is 4.66. The predicted octanol–water partition coefficient (Wildman–Crippen LogP) is 4.79. The van der Waals surface area contributed by atoms with E-state index >= 15 is 0 Å². The van der Waals surface area contributed by atoms with Gasteiger partial charge in [0.2, 0.25) is 0 Å². The number of fused-ring (bicyclic) bond motifs is 2. The van der Waals surface area contributed by atoms with Crippen LogP contribution in [0.5, 0.6) is 5.75 Å². The van der Waals surface area contributed by atoms with Crippen molar-refractivity contribution in [2.75, 3.05) is 23.3 Å². The number of rotatable bonds is 6. The van der Waals surface area contributed by atoms with Gasteiger partial charge in [-0.25, -0.2) is 8.78 Å². The lowest BCUT2D eigenvalue weighted by Crippen LogP contribution is -2.22. The molecule has 2 heterocycles. The highest BCUT2D eigenvalue weighted by Crippen LogP contribution is 2.52. The number of oxazole rings is 1. The summed E-state index contributed by atoms with van der Waals surface area (Å²) in [5.41, 5.74) is 0.186. The summed E-state index contributed by atoms with van der Waals surface area (Å²) in [6.07, 6.45) is 5.74. The molecule has 170 valence electrons. The van der Waals surface area contributed by atoms with Gasteiger partial charge in [-0.15, -0.1) is 0 Å². The molecule has 8 heteroatoms. The molecule has 1 aliphatic heterocycles. The quantitative estimate of drug-likeness (QED) is 0.695. The van der Waals surface area contributed by atoms with Gasteiger partial charge in [-0.2, -0.15) is 4.98 Å². The maximum absolute atomic E-state index is 14.6. The number of anilines is 2. The van der Waals surface area contributed by atoms with E-state index in [0.29, 0.717) is 41.9 Å². The summed E-state index contributed by atoms with van der Waals surface area (Å²) in [7, 11) is 0. The fourth-order valence-electron chi connectivity index (χ4n) is 5.66. The van der Waals surface area contributed by atoms with Crippen molar-refractivity contribution in [3.8, 4) is 5.75 Å². The highest BCUT2D eigenvalue weighted by molar-refractivity contribution is 6.03. The minimum absolute atomic E-state index is 0.0254. The molecular weight excluding hydrogens is 416 g/mol. The highest BCUT2D eigenvalue weighted by Gasteiger charge is 2.47. The third kappa shape index (κ3) is 3.44. The van der Waals surface area contributed by atoms with Gasteiger partial charge in [0.15, 0.2) is 23.1 Å². The summed E-state index contributed by atoms with van der Waals surface area (Å²) in [6.45, 7) is 3.68. The lowest BCUT2D eigenvalue weighted by Gasteiger charge is -2.27. The molecule has 32 heavy (non-hydrogen) atoms. The van der Waals surface area contributed by atoms with Gasteiger partial charge in [0.1, 0.15) is 5.76 Å². The normalized spacial score (nSPS) is 30.0. The van der Waals surface area contributed by atoms with E-state index in [0.717, 1.165) is 38.1 Å². The van der Waals surface area contributed by atoms with Crippen LogP contribution in [0.25, 0.3) is 0 Å². The molecule has 1 saturated heterocycles. The van der Waals surface area contributed by atoms with Gasteiger partial charge in [0.05, 0.1) is 6.10 Å². The Morgan fingerprint density at radius 3 is 2.38 bits per heavy atom. The van der Waals surface area contributed by atoms with E-state index in [9.17, 15) is 13.6 Å². The molecule has 2 aromatic rings. The predicted molar refractivity (Wildman–Crippen MR) is 114 cm³/mol. The fourth-order valence-corrected chi connectivity index (χ4v) is 5.66. The molecule has 4 unspecified atom stereocenters. The lowest BCUT2D eigenvalue weighted by atomic mass is 9.77. The van der Waals surface area contributed by atoms with Crippen LogP contribution in [0.3, 0.4) is 0 Å². The molecule has 0 spiro atoms. The second-order valence-electron chi connectivity index (χ2n) is 9.81. The van der Waals surface area contributed by atoms with Crippen molar-refractivity contribution in [1.29, 1.82) is 0 Å². The Hall–Kier alpha value is -2.64. The summed E-state index contributed by atoms with van der Waals surface area (Å²) in [4.78, 5) is 19.4. The topological polar surface area (TPSA) is 67.6 Å². The van der Waals surface area contributed by atoms with Crippen molar-refractivity contribution in [3.63, 3.8) is 0 Å². The number of aromatic nitrogens is 1. The number of ether oxygens (including phenoxy) is 1. The summed E-state index contributed by atoms with van der Waals surface area (Å²) >= 11 is 0. The first-order chi connectivity index (χ1) is 15.5. The van der Waals surface area contributed by atoms with Gasteiger partial charge in [-0.3, -0.25) is 4.79 Å². The van der Waals surface area contributed by atoms with Gasteiger partial charge in [0.25, 0.3) is 11.9 Å². The Morgan fingerprint density at radius 1 is 1.12 bits per heavy atom. The van der Waals surface area contributed by atoms with Gasteiger partial charge in [0, 0.05) is 37.3 Å². The monoisotopic (exact) mass is 443 g/mol. The van der Waals surface area contributed by atoms with Crippen molar-refractivity contribution < 1.29 is 22.7 Å². The van der Waals surface area contributed by atoms with Crippen molar-refractivity contribution in [2.45, 2.75) is 51.6 Å². The summed E-state index contributed by atoms with van der Waals surface area (Å²) < 4.78 is 40.7. The van der Waals surface area contributed by atoms with Crippen molar-refractivity contribution in [3.05, 3.63) is 35.2 Å². The van der Waals surface area contributed by atoms with Crippen LogP contribution in [-0.4, -0.2) is 30.1 Å². The van der Waals surface area contributed by atoms with Crippen molar-refractivity contribution >= 4 is 17.6 Å². The van der Waals surface area contributed by atoms with Gasteiger partial charge < -0.3 is 19.4 Å². The Bertz CT molecular complexity index is 1030. The molecule has 1 N–H and O–H groups in total. The number of amides is 1. The lowest BCUT2D eigenvalue weighted by molar-refractivity contribution is 0.102. The van der Waals surface area contributed by atoms with Crippen LogP contribution in [-0.2, 0) is 6.42 Å². The molecule has 4 aliphatic rings. The van der Waals surface area contributed by atoms with Crippen molar-refractivity contribution in [1.82, 2.24) is 4.98 Å². The number of hydrogen-bond donors (Lipinski definition) is 1. The minimum atomic E-state index is -0.815. The molecule has 0 bridgehead atoms. The fraction of sp³-hybridized carbons (Fsp3) is 0.583. The largest absolute Gasteiger partial charge is 0.484 e. The van der Waals surface area contributed by atoms with Gasteiger partial charge in [-0.1, -0.05) is 6.92 Å². The molecule has 3 saturated carbocycles. The SMILES string of the molecule is CCc1oc(N2CC3CCC3C2)nc1C(=O)Nc1cc(F)c(OC2CC3C[C@H]3C2)c(F)c1. The van der Waals surface area contributed by atoms with Crippen LogP contribution < -0.4 is 15.0 Å². The molecule has 1 aromatic heterocycles. The number of hydrogen-bond acceptors (Lipinski definition) is 5. The molecular formula is C24H27F2N3O3. The zero-order valence-electron chi connectivity index (χ0n) is 18.1. The Labute approximate surface area is 185 Å². The van der Waals surface area contributed by atoms with Crippen LogP contribution in [0.4, 0.5) is 20.5 Å². The third-order valence-electron chi connectivity index (χ3n) is 7.72. The Balaban J connectivity index is 1.17. The number of nitrogens with zero attached hydrogens (tertiary/aromatic N) is 2. The second-order valence-corrected chi connectivity index (χ2v) is 9.81. The number of halogens is 2. The van der Waals surface area contributed by atoms with E-state index in [4.69, 9.17) is 9.15 Å². The molecule has 3 aliphatic carbocycles. The summed E-state index contributed by atoms with van der Waals surface area (Å²) in [6, 6.07) is 2.64. The van der Waals surface area contributed by atoms with Crippen LogP contribution in [0.1, 0.15) is 55.3 Å². The zero-order chi connectivity index (χ0) is 22.0. The summed E-state index contributed by atoms with van der Waals surface area (Å²) in [5.74, 6) is 0.614. The van der Waals surface area contributed by atoms with E-state index < -0.39 is 17.5 Å². The zero-order valence-corrected chi connectivity index (χ0v) is 18.1. The van der Waals surface area contributed by atoms with E-state index in [2.05, 4.69) is 15.2 Å². The van der Waals surface area contributed by atoms with E-state index in [1.807, 2.05) is 6.92 Å². The highest BCUT2D eigenvalue weighted by atomic mass is 19.1. The van der Waals surface area contributed by atoms with Crippen LogP contribution in [0.15, 0.2) is 16.5 Å². The molecule has 5 atom stereocenters. The standard InChI is InChI=1S/C24H27F2N3O3/c1-2-20-21(28-24(32-20)29-10-12-3-4-13(12)11-29)23(30)27-16-8-18(25)22(19(26)9-16)31-17-6-14-5-15(14)7-17/h8-9,12-15,17H,2-7,10-11H2,1H3,(H,27,30)/t12?,13?,14-,15?,17?/m0/s1. The maximum atomic E-state index is 14.6. The molecule has 4 fully saturated rings. The van der Waals surface area contributed by atoms with Crippen LogP contribution in [0.2, 0.25) is 0 Å². The molecule has 6 rings (SSSR count). The maximum Gasteiger partial charge on any atom is 0.298 e. The first-order valence-electron chi connectivity index (χ1n) is 11.7. The first-order valence-corrected chi connectivity index (χ1v) is 11.7. The Morgan fingerprint density at radius 2 is 1.78 bits per heavy atom. The smallest absolute Gasteiger partial charge is 0.298 e. The second kappa shape index (κ2) is 7.46. The number of carbonyl (C=O) groups is 1. The van der Waals surface area contributed by atoms with Crippen LogP contribution in [0, 0.1) is 35.3 Å². The number of nitrogens with one attached hydrogen (secondary N) is 1. The van der Waals surface area contributed by atoms with E-state index in [1.54, 1.807) is 0 Å². The number of aryl methyl sites for hydroxylation is 1. The van der Waals surface area contributed by atoms with Crippen LogP contribution >= 0.6 is 0 Å². The molecule has 0 radical (unpaired) electrons. The van der Waals surface area contributed by atoms with E-state index in [1.165, 1.54) is 19.3 Å². The van der Waals surface area contributed by atoms with Gasteiger partial charge in [-0.05, 0) is 55.8 Å². The average Bonchev–Trinajstić information content (AvgIpc) is 3.08. The van der Waals surface area contributed by atoms with Crippen molar-refractivity contribution in [2.24, 2.45) is 23.7 Å². The third-order valence-corrected chi connectivity index (χ3v) is 7.72. The van der Waals surface area contributed by atoms with Gasteiger partial charge >= 0.3 is 0 Å². The molecule has 1 amide bonds. The first kappa shape index (κ1) is 20.0. The summed E-state index contributed by atoms with van der Waals surface area (Å²) in [5, 5.41) is 2.57. The minimum Gasteiger partial charge on any atom is -0.484 e. The molecule has 6 nitrogen and oxygen atoms in total. The molecule has 1 aromatic carbocycles. The van der Waals surface area contributed by atoms with E-state index in [-0.39, 0.29) is 23.2 Å². The number of benzene rings is 1. The number of carbonyl (C=O) groups excluding carboxylic acids is 1.